The van der Waals surface area contributed by atoms with Crippen LogP contribution in [0.2, 0.25) is 0 Å². The first-order valence-electron chi connectivity index (χ1n) is 9.78. The summed E-state index contributed by atoms with van der Waals surface area (Å²) in [5.41, 5.74) is 1.67. The highest BCUT2D eigenvalue weighted by atomic mass is 16.5. The summed E-state index contributed by atoms with van der Waals surface area (Å²) in [6.07, 6.45) is 7.03. The van der Waals surface area contributed by atoms with Crippen LogP contribution in [-0.2, 0) is 13.1 Å². The van der Waals surface area contributed by atoms with E-state index < -0.39 is 0 Å². The minimum Gasteiger partial charge on any atom is -0.339 e. The van der Waals surface area contributed by atoms with Crippen LogP contribution in [0.15, 0.2) is 46.0 Å². The molecule has 0 unspecified atom stereocenters. The zero-order valence-electron chi connectivity index (χ0n) is 15.6. The summed E-state index contributed by atoms with van der Waals surface area (Å²) < 4.78 is 6.95. The van der Waals surface area contributed by atoms with Gasteiger partial charge in [0.25, 0.3) is 5.56 Å². The molecule has 0 bridgehead atoms. The standard InChI is InChI=1S/C20H22N6O2/c27-19-5-4-17(15-6-8-21-9-7-15)23-26(19)12-14-10-25(11-14)13-18-22-20(28-24-18)16-2-1-3-16/h4-9,14,16H,1-3,10-13H2. The first-order chi connectivity index (χ1) is 13.7. The lowest BCUT2D eigenvalue weighted by Crippen LogP contribution is -2.49. The van der Waals surface area contributed by atoms with E-state index >= 15 is 0 Å². The van der Waals surface area contributed by atoms with Crippen LogP contribution in [0.4, 0.5) is 0 Å². The van der Waals surface area contributed by atoms with E-state index in [9.17, 15) is 4.79 Å². The third-order valence-electron chi connectivity index (χ3n) is 5.61. The fourth-order valence-corrected chi connectivity index (χ4v) is 3.78. The van der Waals surface area contributed by atoms with Crippen LogP contribution in [0.3, 0.4) is 0 Å². The van der Waals surface area contributed by atoms with E-state index in [1.165, 1.54) is 6.42 Å². The van der Waals surface area contributed by atoms with Gasteiger partial charge in [0.15, 0.2) is 5.82 Å². The van der Waals surface area contributed by atoms with Gasteiger partial charge < -0.3 is 4.52 Å². The molecule has 0 spiro atoms. The molecule has 1 saturated carbocycles. The smallest absolute Gasteiger partial charge is 0.266 e. The SMILES string of the molecule is O=c1ccc(-c2ccncc2)nn1CC1CN(Cc2noc(C3CCC3)n2)C1. The minimum atomic E-state index is -0.0698. The molecule has 4 heterocycles. The second-order valence-corrected chi connectivity index (χ2v) is 7.71. The Hall–Kier alpha value is -2.87. The molecule has 8 heteroatoms. The van der Waals surface area contributed by atoms with Crippen molar-refractivity contribution in [3.05, 3.63) is 58.7 Å². The average molecular weight is 378 g/mol. The molecule has 3 aromatic heterocycles. The molecule has 144 valence electrons. The second kappa shape index (κ2) is 7.27. The van der Waals surface area contributed by atoms with Crippen molar-refractivity contribution in [2.75, 3.05) is 13.1 Å². The van der Waals surface area contributed by atoms with Crippen LogP contribution in [0.1, 0.15) is 36.9 Å². The van der Waals surface area contributed by atoms with Crippen molar-refractivity contribution < 1.29 is 4.52 Å². The van der Waals surface area contributed by atoms with Gasteiger partial charge in [-0.25, -0.2) is 4.68 Å². The summed E-state index contributed by atoms with van der Waals surface area (Å²) in [7, 11) is 0. The lowest BCUT2D eigenvalue weighted by molar-refractivity contribution is 0.0733. The van der Waals surface area contributed by atoms with Crippen LogP contribution >= 0.6 is 0 Å². The van der Waals surface area contributed by atoms with Crippen molar-refractivity contribution >= 4 is 0 Å². The Kier molecular flexibility index (Phi) is 4.48. The van der Waals surface area contributed by atoms with E-state index in [-0.39, 0.29) is 5.56 Å². The Bertz CT molecular complexity index is 1000. The third kappa shape index (κ3) is 3.47. The maximum atomic E-state index is 12.2. The fourth-order valence-electron chi connectivity index (χ4n) is 3.78. The van der Waals surface area contributed by atoms with Crippen LogP contribution < -0.4 is 5.56 Å². The normalized spacial score (nSPS) is 18.0. The van der Waals surface area contributed by atoms with E-state index in [1.807, 2.05) is 12.1 Å². The number of nitrogens with zero attached hydrogens (tertiary/aromatic N) is 6. The van der Waals surface area contributed by atoms with Crippen molar-refractivity contribution in [3.8, 4) is 11.3 Å². The monoisotopic (exact) mass is 378 g/mol. The van der Waals surface area contributed by atoms with Gasteiger partial charge in [0.1, 0.15) is 0 Å². The van der Waals surface area contributed by atoms with Crippen molar-refractivity contribution in [1.29, 1.82) is 0 Å². The van der Waals surface area contributed by atoms with Gasteiger partial charge in [0.05, 0.1) is 18.8 Å². The van der Waals surface area contributed by atoms with Gasteiger partial charge in [-0.15, -0.1) is 0 Å². The van der Waals surface area contributed by atoms with E-state index in [0.717, 1.165) is 48.9 Å². The van der Waals surface area contributed by atoms with E-state index in [0.29, 0.717) is 24.9 Å². The predicted molar refractivity (Wildman–Crippen MR) is 101 cm³/mol. The zero-order valence-corrected chi connectivity index (χ0v) is 15.6. The van der Waals surface area contributed by atoms with Crippen LogP contribution in [-0.4, -0.2) is 42.9 Å². The molecule has 1 aliphatic carbocycles. The summed E-state index contributed by atoms with van der Waals surface area (Å²) in [6, 6.07) is 7.13. The van der Waals surface area contributed by atoms with Crippen LogP contribution in [0.5, 0.6) is 0 Å². The molecular formula is C20H22N6O2. The lowest BCUT2D eigenvalue weighted by atomic mass is 9.85. The molecule has 1 aliphatic heterocycles. The molecule has 0 aromatic carbocycles. The topological polar surface area (TPSA) is 89.9 Å². The molecule has 5 rings (SSSR count). The van der Waals surface area contributed by atoms with Crippen molar-refractivity contribution in [1.82, 2.24) is 29.8 Å². The quantitative estimate of drug-likeness (QED) is 0.649. The third-order valence-corrected chi connectivity index (χ3v) is 5.61. The van der Waals surface area contributed by atoms with Crippen molar-refractivity contribution in [3.63, 3.8) is 0 Å². The Labute approximate surface area is 162 Å². The Morgan fingerprint density at radius 1 is 1.11 bits per heavy atom. The van der Waals surface area contributed by atoms with Gasteiger partial charge in [-0.3, -0.25) is 14.7 Å². The summed E-state index contributed by atoms with van der Waals surface area (Å²) in [4.78, 5) is 23.0. The Morgan fingerprint density at radius 3 is 2.68 bits per heavy atom. The molecule has 0 radical (unpaired) electrons. The molecule has 3 aromatic rings. The molecule has 0 N–H and O–H groups in total. The molecule has 2 fully saturated rings. The van der Waals surface area contributed by atoms with E-state index in [4.69, 9.17) is 4.52 Å². The number of pyridine rings is 1. The first-order valence-corrected chi connectivity index (χ1v) is 9.78. The highest BCUT2D eigenvalue weighted by Gasteiger charge is 2.30. The average Bonchev–Trinajstić information content (AvgIpc) is 3.08. The maximum Gasteiger partial charge on any atom is 0.266 e. The maximum absolute atomic E-state index is 12.2. The molecule has 1 saturated heterocycles. The van der Waals surface area contributed by atoms with Gasteiger partial charge in [-0.05, 0) is 31.0 Å². The van der Waals surface area contributed by atoms with Gasteiger partial charge >= 0.3 is 0 Å². The number of hydrogen-bond donors (Lipinski definition) is 0. The number of hydrogen-bond acceptors (Lipinski definition) is 7. The first kappa shape index (κ1) is 17.2. The number of aromatic nitrogens is 5. The Balaban J connectivity index is 1.18. The number of rotatable bonds is 6. The van der Waals surface area contributed by atoms with Gasteiger partial charge in [-0.2, -0.15) is 10.1 Å². The number of likely N-dealkylation sites (tertiary alicyclic amines) is 1. The Morgan fingerprint density at radius 2 is 1.93 bits per heavy atom. The largest absolute Gasteiger partial charge is 0.339 e. The molecule has 0 amide bonds. The molecular weight excluding hydrogens is 356 g/mol. The fraction of sp³-hybridized carbons (Fsp3) is 0.450. The second-order valence-electron chi connectivity index (χ2n) is 7.71. The van der Waals surface area contributed by atoms with Crippen LogP contribution in [0, 0.1) is 5.92 Å². The zero-order chi connectivity index (χ0) is 18.9. The van der Waals surface area contributed by atoms with Gasteiger partial charge in [0, 0.05) is 48.9 Å². The van der Waals surface area contributed by atoms with E-state index in [1.54, 1.807) is 29.2 Å². The summed E-state index contributed by atoms with van der Waals surface area (Å²) in [5, 5.41) is 8.64. The van der Waals surface area contributed by atoms with E-state index in [2.05, 4.69) is 25.1 Å². The highest BCUT2D eigenvalue weighted by molar-refractivity contribution is 5.56. The van der Waals surface area contributed by atoms with Crippen molar-refractivity contribution in [2.24, 2.45) is 5.92 Å². The summed E-state index contributed by atoms with van der Waals surface area (Å²) in [6.45, 7) is 3.13. The predicted octanol–water partition coefficient (Wildman–Crippen LogP) is 2.09. The summed E-state index contributed by atoms with van der Waals surface area (Å²) in [5.74, 6) is 2.42. The molecule has 8 nitrogen and oxygen atoms in total. The van der Waals surface area contributed by atoms with Crippen molar-refractivity contribution in [2.45, 2.75) is 38.3 Å². The van der Waals surface area contributed by atoms with Gasteiger partial charge in [-0.1, -0.05) is 11.6 Å². The lowest BCUT2D eigenvalue weighted by Gasteiger charge is -2.38. The molecule has 2 aliphatic rings. The summed E-state index contributed by atoms with van der Waals surface area (Å²) >= 11 is 0. The molecule has 0 atom stereocenters. The molecule has 28 heavy (non-hydrogen) atoms. The highest BCUT2D eigenvalue weighted by Crippen LogP contribution is 2.35. The van der Waals surface area contributed by atoms with Crippen LogP contribution in [0.25, 0.3) is 11.3 Å². The minimum absolute atomic E-state index is 0.0698. The van der Waals surface area contributed by atoms with Gasteiger partial charge in [0.2, 0.25) is 5.89 Å².